The van der Waals surface area contributed by atoms with Gasteiger partial charge in [0.25, 0.3) is 15.9 Å². The quantitative estimate of drug-likeness (QED) is 0.103. The molecule has 1 fully saturated rings. The monoisotopic (exact) mass is 589 g/mol. The fourth-order valence-corrected chi connectivity index (χ4v) is 7.50. The average Bonchev–Trinajstić information content (AvgIpc) is 3.56. The molecule has 0 bridgehead atoms. The number of benzene rings is 1. The van der Waals surface area contributed by atoms with E-state index in [2.05, 4.69) is 27.4 Å². The molecule has 214 valence electrons. The number of carbonyl (C=O) groups is 2. The Hall–Kier alpha value is -3.53. The molecule has 1 aromatic carbocycles. The zero-order valence-corrected chi connectivity index (χ0v) is 23.7. The number of sulfonamides is 1. The van der Waals surface area contributed by atoms with Gasteiger partial charge in [-0.05, 0) is 38.1 Å². The molecule has 2 aliphatic rings. The highest BCUT2D eigenvalue weighted by Crippen LogP contribution is 2.29. The molecule has 13 nitrogen and oxygen atoms in total. The minimum atomic E-state index is -4.01. The number of hydrogen-bond donors (Lipinski definition) is 4. The second-order valence-corrected chi connectivity index (χ2v) is 12.8. The van der Waals surface area contributed by atoms with Crippen LogP contribution in [0.4, 0.5) is 0 Å². The SMILES string of the molecule is CCOC(=O)CC1CN(S(=O)(=O)c2cc3cc(/C(N)=N\O)ccc3[nH]2)CCN1C(=O)c1nc2c(s1)CNC(C)C2. The maximum absolute atomic E-state index is 13.7. The molecule has 5 rings (SSSR count). The van der Waals surface area contributed by atoms with E-state index in [-0.39, 0.29) is 55.5 Å². The Bertz CT molecular complexity index is 1580. The van der Waals surface area contributed by atoms with Crippen molar-refractivity contribution in [1.82, 2.24) is 24.5 Å². The van der Waals surface area contributed by atoms with Crippen molar-refractivity contribution in [1.29, 1.82) is 0 Å². The molecular formula is C25H31N7O6S2. The minimum Gasteiger partial charge on any atom is -0.466 e. The third kappa shape index (κ3) is 5.41. The number of H-pyrrole nitrogens is 1. The van der Waals surface area contributed by atoms with Gasteiger partial charge >= 0.3 is 5.97 Å². The van der Waals surface area contributed by atoms with Crippen LogP contribution in [-0.4, -0.2) is 88.8 Å². The Morgan fingerprint density at radius 3 is 2.85 bits per heavy atom. The summed E-state index contributed by atoms with van der Waals surface area (Å²) in [5.41, 5.74) is 7.57. The number of rotatable bonds is 7. The molecule has 2 atom stereocenters. The fraction of sp³-hybridized carbons (Fsp3) is 0.440. The van der Waals surface area contributed by atoms with Gasteiger partial charge in [-0.15, -0.1) is 11.3 Å². The van der Waals surface area contributed by atoms with Gasteiger partial charge in [0.1, 0.15) is 5.03 Å². The molecule has 15 heteroatoms. The number of aromatic amines is 1. The number of oxime groups is 1. The van der Waals surface area contributed by atoms with Gasteiger partial charge in [-0.25, -0.2) is 13.4 Å². The van der Waals surface area contributed by atoms with Crippen LogP contribution in [0.5, 0.6) is 0 Å². The number of thiazole rings is 1. The van der Waals surface area contributed by atoms with Crippen molar-refractivity contribution in [3.8, 4) is 0 Å². The fourth-order valence-electron chi connectivity index (χ4n) is 5.02. The van der Waals surface area contributed by atoms with Gasteiger partial charge < -0.3 is 30.9 Å². The second kappa shape index (κ2) is 11.2. The van der Waals surface area contributed by atoms with E-state index in [1.54, 1.807) is 30.0 Å². The van der Waals surface area contributed by atoms with Crippen molar-refractivity contribution >= 4 is 50.0 Å². The number of hydrogen-bond acceptors (Lipinski definition) is 10. The Kier molecular flexibility index (Phi) is 7.81. The molecular weight excluding hydrogens is 558 g/mol. The van der Waals surface area contributed by atoms with Gasteiger partial charge in [-0.3, -0.25) is 9.59 Å². The number of fused-ring (bicyclic) bond motifs is 2. The van der Waals surface area contributed by atoms with E-state index in [0.29, 0.717) is 28.0 Å². The van der Waals surface area contributed by atoms with E-state index >= 15 is 0 Å². The highest BCUT2D eigenvalue weighted by molar-refractivity contribution is 7.89. The van der Waals surface area contributed by atoms with Crippen molar-refractivity contribution in [3.05, 3.63) is 45.4 Å². The van der Waals surface area contributed by atoms with E-state index in [0.717, 1.165) is 17.0 Å². The molecule has 1 amide bonds. The molecule has 2 unspecified atom stereocenters. The summed E-state index contributed by atoms with van der Waals surface area (Å²) in [6.45, 7) is 4.62. The van der Waals surface area contributed by atoms with Crippen molar-refractivity contribution < 1.29 is 28.0 Å². The molecule has 1 saturated heterocycles. The van der Waals surface area contributed by atoms with Gasteiger partial charge in [-0.2, -0.15) is 4.31 Å². The summed E-state index contributed by atoms with van der Waals surface area (Å²) in [6.07, 6.45) is 0.577. The van der Waals surface area contributed by atoms with Crippen molar-refractivity contribution in [2.24, 2.45) is 10.9 Å². The maximum atomic E-state index is 13.7. The van der Waals surface area contributed by atoms with E-state index in [4.69, 9.17) is 15.7 Å². The molecule has 4 heterocycles. The molecule has 0 spiro atoms. The number of amidine groups is 1. The normalized spacial score (nSPS) is 20.4. The van der Waals surface area contributed by atoms with Crippen molar-refractivity contribution in [2.45, 2.75) is 50.3 Å². The first-order valence-corrected chi connectivity index (χ1v) is 15.2. The van der Waals surface area contributed by atoms with Crippen molar-refractivity contribution in [3.63, 3.8) is 0 Å². The van der Waals surface area contributed by atoms with Gasteiger partial charge in [-0.1, -0.05) is 5.16 Å². The van der Waals surface area contributed by atoms with Crippen molar-refractivity contribution in [2.75, 3.05) is 26.2 Å². The molecule has 0 saturated carbocycles. The third-order valence-corrected chi connectivity index (χ3v) is 9.98. The number of aromatic nitrogens is 2. The molecule has 2 aromatic heterocycles. The number of nitrogens with zero attached hydrogens (tertiary/aromatic N) is 4. The molecule has 3 aromatic rings. The van der Waals surface area contributed by atoms with Crippen LogP contribution < -0.4 is 11.1 Å². The van der Waals surface area contributed by atoms with Gasteiger partial charge in [0.05, 0.1) is 24.8 Å². The van der Waals surface area contributed by atoms with Crippen LogP contribution in [0.1, 0.15) is 46.2 Å². The lowest BCUT2D eigenvalue weighted by molar-refractivity contribution is -0.144. The first kappa shape index (κ1) is 28.0. The van der Waals surface area contributed by atoms with Crippen LogP contribution in [0.2, 0.25) is 0 Å². The van der Waals surface area contributed by atoms with E-state index in [1.165, 1.54) is 21.7 Å². The number of nitrogens with one attached hydrogen (secondary N) is 2. The summed E-state index contributed by atoms with van der Waals surface area (Å²) in [7, 11) is -4.01. The molecule has 0 radical (unpaired) electrons. The number of nitrogens with two attached hydrogens (primary N) is 1. The summed E-state index contributed by atoms with van der Waals surface area (Å²) >= 11 is 1.33. The zero-order valence-electron chi connectivity index (χ0n) is 22.1. The highest BCUT2D eigenvalue weighted by atomic mass is 32.2. The van der Waals surface area contributed by atoms with Crippen LogP contribution in [0.15, 0.2) is 34.4 Å². The van der Waals surface area contributed by atoms with E-state index in [9.17, 15) is 18.0 Å². The summed E-state index contributed by atoms with van der Waals surface area (Å²) in [5, 5.41) is 16.2. The first-order valence-electron chi connectivity index (χ1n) is 12.9. The van der Waals surface area contributed by atoms with E-state index in [1.807, 2.05) is 0 Å². The predicted molar refractivity (Wildman–Crippen MR) is 148 cm³/mol. The average molecular weight is 590 g/mol. The number of carbonyl (C=O) groups excluding carboxylic acids is 2. The zero-order chi connectivity index (χ0) is 28.6. The second-order valence-electron chi connectivity index (χ2n) is 9.82. The smallest absolute Gasteiger partial charge is 0.307 e. The standard InChI is InChI=1S/C25H31N7O6S2/c1-3-38-22(33)11-17-13-31(6-7-32(17)25(34)24-29-19-8-14(2)27-12-20(19)39-24)40(36,37)21-10-16-9-15(23(26)30-35)4-5-18(16)28-21/h4-5,9-10,14,17,27-28,35H,3,6-8,11-13H2,1-2H3,(H2,26,30). The van der Waals surface area contributed by atoms with E-state index < -0.39 is 22.0 Å². The van der Waals surface area contributed by atoms with Gasteiger partial charge in [0, 0.05) is 60.0 Å². The van der Waals surface area contributed by atoms with Crippen LogP contribution in [0, 0.1) is 0 Å². The minimum absolute atomic E-state index is 0.0389. The Labute approximate surface area is 235 Å². The number of ether oxygens (including phenoxy) is 1. The highest BCUT2D eigenvalue weighted by Gasteiger charge is 2.39. The Morgan fingerprint density at radius 1 is 1.30 bits per heavy atom. The molecule has 40 heavy (non-hydrogen) atoms. The summed E-state index contributed by atoms with van der Waals surface area (Å²) in [4.78, 5) is 36.1. The third-order valence-electron chi connectivity index (χ3n) is 7.10. The lowest BCUT2D eigenvalue weighted by atomic mass is 10.1. The number of piperazine rings is 1. The summed E-state index contributed by atoms with van der Waals surface area (Å²) < 4.78 is 33.7. The molecule has 5 N–H and O–H groups in total. The lowest BCUT2D eigenvalue weighted by Gasteiger charge is -2.39. The lowest BCUT2D eigenvalue weighted by Crippen LogP contribution is -2.57. The predicted octanol–water partition coefficient (Wildman–Crippen LogP) is 1.22. The summed E-state index contributed by atoms with van der Waals surface area (Å²) in [6, 6.07) is 5.88. The Balaban J connectivity index is 1.40. The first-order chi connectivity index (χ1) is 19.1. The largest absolute Gasteiger partial charge is 0.466 e. The molecule has 0 aliphatic carbocycles. The van der Waals surface area contributed by atoms with Crippen LogP contribution in [0.25, 0.3) is 10.9 Å². The Morgan fingerprint density at radius 2 is 2.10 bits per heavy atom. The van der Waals surface area contributed by atoms with Crippen LogP contribution in [-0.2, 0) is 32.5 Å². The van der Waals surface area contributed by atoms with Crippen LogP contribution >= 0.6 is 11.3 Å². The van der Waals surface area contributed by atoms with Gasteiger partial charge in [0.15, 0.2) is 10.8 Å². The summed E-state index contributed by atoms with van der Waals surface area (Å²) in [5.74, 6) is -0.927. The van der Waals surface area contributed by atoms with Crippen LogP contribution in [0.3, 0.4) is 0 Å². The number of esters is 1. The van der Waals surface area contributed by atoms with Gasteiger partial charge in [0.2, 0.25) is 0 Å². The molecule has 2 aliphatic heterocycles. The topological polar surface area (TPSA) is 183 Å². The maximum Gasteiger partial charge on any atom is 0.307 e. The number of amides is 1.